The predicted octanol–water partition coefficient (Wildman–Crippen LogP) is 2.28. The number of aliphatic hydroxyl groups excluding tert-OH is 1. The Morgan fingerprint density at radius 2 is 2.07 bits per heavy atom. The second-order valence-corrected chi connectivity index (χ2v) is 4.76. The maximum atomic E-state index is 11.8. The van der Waals surface area contributed by atoms with Gasteiger partial charge in [0.25, 0.3) is 0 Å². The van der Waals surface area contributed by atoms with E-state index >= 15 is 0 Å². The summed E-state index contributed by atoms with van der Waals surface area (Å²) < 4.78 is 0. The number of aliphatic hydroxyl groups is 1. The number of allylic oxidation sites excluding steroid dienone is 2. The Morgan fingerprint density at radius 1 is 1.53 bits per heavy atom. The Balaban J connectivity index is 3.34. The van der Waals surface area contributed by atoms with Crippen LogP contribution in [0.15, 0.2) is 16.5 Å². The third kappa shape index (κ3) is 1.89. The average Bonchev–Trinajstić information content (AvgIpc) is 2.14. The summed E-state index contributed by atoms with van der Waals surface area (Å²) in [5.74, 6) is -0.273. The maximum Gasteiger partial charge on any atom is 0.171 e. The van der Waals surface area contributed by atoms with E-state index in [0.717, 1.165) is 0 Å². The zero-order valence-corrected chi connectivity index (χ0v) is 9.53. The molecule has 0 aliphatic heterocycles. The van der Waals surface area contributed by atoms with Crippen LogP contribution in [0, 0.1) is 11.3 Å². The third-order valence-electron chi connectivity index (χ3n) is 2.90. The number of carbonyl (C=O) groups excluding carboxylic acids is 1. The van der Waals surface area contributed by atoms with E-state index in [-0.39, 0.29) is 28.7 Å². The number of oxime groups is 1. The molecule has 0 aromatic carbocycles. The van der Waals surface area contributed by atoms with E-state index in [1.807, 2.05) is 20.8 Å². The lowest BCUT2D eigenvalue weighted by Gasteiger charge is -2.33. The van der Waals surface area contributed by atoms with Gasteiger partial charge >= 0.3 is 0 Å². The van der Waals surface area contributed by atoms with Crippen molar-refractivity contribution in [1.29, 1.82) is 0 Å². The van der Waals surface area contributed by atoms with Crippen LogP contribution >= 0.6 is 0 Å². The van der Waals surface area contributed by atoms with Crippen molar-refractivity contribution in [3.63, 3.8) is 0 Å². The second-order valence-electron chi connectivity index (χ2n) is 4.76. The lowest BCUT2D eigenvalue weighted by Crippen LogP contribution is -2.34. The molecule has 1 aliphatic rings. The first kappa shape index (κ1) is 11.8. The first-order valence-electron chi connectivity index (χ1n) is 4.98. The van der Waals surface area contributed by atoms with Gasteiger partial charge in [-0.05, 0) is 13.3 Å². The minimum Gasteiger partial charge on any atom is -0.511 e. The Bertz CT molecular complexity index is 353. The summed E-state index contributed by atoms with van der Waals surface area (Å²) in [5, 5.41) is 21.6. The molecular formula is C11H17NO3. The van der Waals surface area contributed by atoms with Crippen LogP contribution in [0.4, 0.5) is 0 Å². The highest BCUT2D eigenvalue weighted by Crippen LogP contribution is 2.40. The molecule has 0 saturated carbocycles. The Hall–Kier alpha value is -1.32. The minimum atomic E-state index is -0.436. The normalized spacial score (nSPS) is 27.1. The molecule has 1 atom stereocenters. The molecule has 15 heavy (non-hydrogen) atoms. The summed E-state index contributed by atoms with van der Waals surface area (Å²) >= 11 is 0. The van der Waals surface area contributed by atoms with Gasteiger partial charge in [-0.25, -0.2) is 0 Å². The number of hydrogen-bond acceptors (Lipinski definition) is 4. The number of hydrogen-bond donors (Lipinski definition) is 2. The van der Waals surface area contributed by atoms with E-state index in [4.69, 9.17) is 5.21 Å². The lowest BCUT2D eigenvalue weighted by molar-refractivity contribution is -0.120. The molecule has 0 saturated heterocycles. The van der Waals surface area contributed by atoms with Crippen LogP contribution in [-0.4, -0.2) is 21.8 Å². The third-order valence-corrected chi connectivity index (χ3v) is 2.90. The number of ketones is 1. The molecule has 0 bridgehead atoms. The highest BCUT2D eigenvalue weighted by Gasteiger charge is 2.39. The Morgan fingerprint density at radius 3 is 2.53 bits per heavy atom. The molecule has 0 amide bonds. The minimum absolute atomic E-state index is 0.0286. The van der Waals surface area contributed by atoms with Crippen LogP contribution < -0.4 is 0 Å². The predicted molar refractivity (Wildman–Crippen MR) is 57.1 cm³/mol. The molecule has 4 nitrogen and oxygen atoms in total. The van der Waals surface area contributed by atoms with Crippen molar-refractivity contribution in [3.8, 4) is 0 Å². The van der Waals surface area contributed by atoms with Gasteiger partial charge in [0.1, 0.15) is 5.76 Å². The molecule has 1 rings (SSSR count). The molecule has 0 radical (unpaired) electrons. The van der Waals surface area contributed by atoms with Crippen LogP contribution in [0.5, 0.6) is 0 Å². The van der Waals surface area contributed by atoms with Gasteiger partial charge in [0, 0.05) is 11.3 Å². The molecule has 0 aromatic heterocycles. The molecule has 0 spiro atoms. The summed E-state index contributed by atoms with van der Waals surface area (Å²) in [7, 11) is 0. The van der Waals surface area contributed by atoms with E-state index < -0.39 is 5.41 Å². The second kappa shape index (κ2) is 3.68. The number of rotatable bonds is 1. The Kier molecular flexibility index (Phi) is 2.88. The van der Waals surface area contributed by atoms with Crippen molar-refractivity contribution < 1.29 is 15.1 Å². The van der Waals surface area contributed by atoms with Gasteiger partial charge in [-0.3, -0.25) is 4.79 Å². The van der Waals surface area contributed by atoms with Crippen molar-refractivity contribution >= 4 is 11.5 Å². The zero-order chi connectivity index (χ0) is 11.8. The van der Waals surface area contributed by atoms with E-state index in [9.17, 15) is 9.90 Å². The number of nitrogens with zero attached hydrogens (tertiary/aromatic N) is 1. The summed E-state index contributed by atoms with van der Waals surface area (Å²) in [6, 6.07) is 0. The van der Waals surface area contributed by atoms with Gasteiger partial charge in [0.05, 0.1) is 11.3 Å². The van der Waals surface area contributed by atoms with Crippen LogP contribution in [0.2, 0.25) is 0 Å². The van der Waals surface area contributed by atoms with Gasteiger partial charge in [-0.1, -0.05) is 25.9 Å². The zero-order valence-electron chi connectivity index (χ0n) is 9.53. The topological polar surface area (TPSA) is 69.9 Å². The van der Waals surface area contributed by atoms with Crippen LogP contribution in [0.3, 0.4) is 0 Å². The van der Waals surface area contributed by atoms with Gasteiger partial charge in [0.2, 0.25) is 0 Å². The molecule has 4 heteroatoms. The number of Topliss-reactive ketones (excluding diaryl/α,β-unsaturated/α-hetero) is 1. The Labute approximate surface area is 89.3 Å². The molecule has 0 heterocycles. The molecule has 0 fully saturated rings. The maximum absolute atomic E-state index is 11.8. The fourth-order valence-electron chi connectivity index (χ4n) is 2.06. The van der Waals surface area contributed by atoms with Crippen molar-refractivity contribution in [3.05, 3.63) is 11.3 Å². The van der Waals surface area contributed by atoms with E-state index in [2.05, 4.69) is 5.16 Å². The lowest BCUT2D eigenvalue weighted by atomic mass is 9.71. The van der Waals surface area contributed by atoms with Crippen molar-refractivity contribution in [1.82, 2.24) is 0 Å². The summed E-state index contributed by atoms with van der Waals surface area (Å²) in [5.41, 5.74) is -0.0902. The molecule has 1 unspecified atom stereocenters. The first-order chi connectivity index (χ1) is 6.81. The largest absolute Gasteiger partial charge is 0.511 e. The van der Waals surface area contributed by atoms with Crippen LogP contribution in [0.1, 0.15) is 34.1 Å². The standard InChI is InChI=1S/C11H17NO3/c1-6-5-11(3,4)10(14)8(9(6)13)7(2)12-15/h6,14-15H,5H2,1-4H3. The molecule has 1 aliphatic carbocycles. The highest BCUT2D eigenvalue weighted by molar-refractivity contribution is 6.22. The van der Waals surface area contributed by atoms with Crippen LogP contribution in [0.25, 0.3) is 0 Å². The quantitative estimate of drug-likeness (QED) is 0.397. The van der Waals surface area contributed by atoms with Gasteiger partial charge in [-0.15, -0.1) is 0 Å². The van der Waals surface area contributed by atoms with Crippen molar-refractivity contribution in [2.45, 2.75) is 34.1 Å². The van der Waals surface area contributed by atoms with Gasteiger partial charge in [-0.2, -0.15) is 0 Å². The fraction of sp³-hybridized carbons (Fsp3) is 0.636. The van der Waals surface area contributed by atoms with E-state index in [1.54, 1.807) is 0 Å². The fourth-order valence-corrected chi connectivity index (χ4v) is 2.06. The molecule has 84 valence electrons. The molecule has 2 N–H and O–H groups in total. The summed E-state index contributed by atoms with van der Waals surface area (Å²) in [6.07, 6.45) is 0.611. The first-order valence-corrected chi connectivity index (χ1v) is 4.98. The van der Waals surface area contributed by atoms with Gasteiger partial charge in [0.15, 0.2) is 5.78 Å². The van der Waals surface area contributed by atoms with Crippen molar-refractivity contribution in [2.24, 2.45) is 16.5 Å². The highest BCUT2D eigenvalue weighted by atomic mass is 16.4. The number of carbonyl (C=O) groups is 1. The van der Waals surface area contributed by atoms with Gasteiger partial charge < -0.3 is 10.3 Å². The SMILES string of the molecule is CC(=NO)C1=C(O)C(C)(C)CC(C)C1=O. The van der Waals surface area contributed by atoms with E-state index in [1.165, 1.54) is 6.92 Å². The summed E-state index contributed by atoms with van der Waals surface area (Å²) in [6.45, 7) is 7.07. The smallest absolute Gasteiger partial charge is 0.171 e. The van der Waals surface area contributed by atoms with Crippen LogP contribution in [-0.2, 0) is 4.79 Å². The molecule has 0 aromatic rings. The summed E-state index contributed by atoms with van der Waals surface area (Å²) in [4.78, 5) is 11.8. The van der Waals surface area contributed by atoms with Crippen molar-refractivity contribution in [2.75, 3.05) is 0 Å². The van der Waals surface area contributed by atoms with E-state index in [0.29, 0.717) is 6.42 Å². The molecular weight excluding hydrogens is 194 g/mol. The average molecular weight is 211 g/mol. The monoisotopic (exact) mass is 211 g/mol.